The second-order valence-electron chi connectivity index (χ2n) is 5.07. The molecule has 1 heterocycles. The van der Waals surface area contributed by atoms with Crippen molar-refractivity contribution in [1.29, 1.82) is 0 Å². The Kier molecular flexibility index (Phi) is 3.64. The average Bonchev–Trinajstić information content (AvgIpc) is 2.86. The van der Waals surface area contributed by atoms with E-state index in [1.807, 2.05) is 12.5 Å². The summed E-state index contributed by atoms with van der Waals surface area (Å²) in [5, 5.41) is 3.68. The van der Waals surface area contributed by atoms with Gasteiger partial charge in [-0.15, -0.1) is 0 Å². The normalized spacial score (nSPS) is 29.8. The van der Waals surface area contributed by atoms with Crippen LogP contribution in [0.3, 0.4) is 0 Å². The molecule has 16 heavy (non-hydrogen) atoms. The quantitative estimate of drug-likeness (QED) is 0.846. The van der Waals surface area contributed by atoms with E-state index in [4.69, 9.17) is 0 Å². The molecule has 1 saturated carbocycles. The van der Waals surface area contributed by atoms with Crippen LogP contribution >= 0.6 is 0 Å². The molecule has 2 rings (SSSR count). The molecule has 90 valence electrons. The van der Waals surface area contributed by atoms with E-state index in [9.17, 15) is 0 Å². The van der Waals surface area contributed by atoms with E-state index >= 15 is 0 Å². The summed E-state index contributed by atoms with van der Waals surface area (Å²) in [5.41, 5.74) is 1.30. The zero-order valence-corrected chi connectivity index (χ0v) is 10.6. The van der Waals surface area contributed by atoms with Crippen molar-refractivity contribution in [2.45, 2.75) is 52.7 Å². The molecule has 1 fully saturated rings. The van der Waals surface area contributed by atoms with Crippen LogP contribution in [0.15, 0.2) is 12.5 Å². The van der Waals surface area contributed by atoms with Crippen LogP contribution in [0.1, 0.15) is 39.3 Å². The van der Waals surface area contributed by atoms with Gasteiger partial charge >= 0.3 is 0 Å². The minimum absolute atomic E-state index is 0.690. The van der Waals surface area contributed by atoms with Gasteiger partial charge in [-0.2, -0.15) is 0 Å². The van der Waals surface area contributed by atoms with E-state index < -0.39 is 0 Å². The lowest BCUT2D eigenvalue weighted by atomic mass is 9.98. The second kappa shape index (κ2) is 5.00. The Labute approximate surface area is 98.3 Å². The Balaban J connectivity index is 1.88. The molecule has 0 aromatic carbocycles. The van der Waals surface area contributed by atoms with Crippen molar-refractivity contribution in [3.63, 3.8) is 0 Å². The SMILES string of the molecule is CCn1cncc1CNC1CCC(C)C1C. The van der Waals surface area contributed by atoms with Gasteiger partial charge in [-0.3, -0.25) is 0 Å². The topological polar surface area (TPSA) is 29.9 Å². The Morgan fingerprint density at radius 2 is 2.25 bits per heavy atom. The van der Waals surface area contributed by atoms with Gasteiger partial charge in [0.2, 0.25) is 0 Å². The number of nitrogens with zero attached hydrogens (tertiary/aromatic N) is 2. The molecule has 1 N–H and O–H groups in total. The molecule has 0 saturated heterocycles. The van der Waals surface area contributed by atoms with E-state index in [2.05, 4.69) is 35.6 Å². The maximum absolute atomic E-state index is 4.20. The number of rotatable bonds is 4. The smallest absolute Gasteiger partial charge is 0.0948 e. The molecule has 1 aliphatic carbocycles. The van der Waals surface area contributed by atoms with Crippen molar-refractivity contribution >= 4 is 0 Å². The molecular weight excluding hydrogens is 198 g/mol. The van der Waals surface area contributed by atoms with Gasteiger partial charge in [0, 0.05) is 25.3 Å². The first-order valence-electron chi connectivity index (χ1n) is 6.44. The summed E-state index contributed by atoms with van der Waals surface area (Å²) in [6.45, 7) is 8.85. The van der Waals surface area contributed by atoms with Crippen molar-refractivity contribution in [3.05, 3.63) is 18.2 Å². The predicted octanol–water partition coefficient (Wildman–Crippen LogP) is 2.43. The van der Waals surface area contributed by atoms with Gasteiger partial charge in [-0.25, -0.2) is 4.98 Å². The highest BCUT2D eigenvalue weighted by atomic mass is 15.1. The van der Waals surface area contributed by atoms with Crippen LogP contribution in [-0.4, -0.2) is 15.6 Å². The van der Waals surface area contributed by atoms with E-state index in [0.717, 1.165) is 24.9 Å². The molecule has 1 aromatic heterocycles. The van der Waals surface area contributed by atoms with E-state index in [0.29, 0.717) is 6.04 Å². The standard InChI is InChI=1S/C13H23N3/c1-4-16-9-14-7-12(16)8-15-13-6-5-10(2)11(13)3/h7,9-11,13,15H,4-6,8H2,1-3H3. The molecule has 0 radical (unpaired) electrons. The van der Waals surface area contributed by atoms with Crippen LogP contribution in [0, 0.1) is 11.8 Å². The molecule has 0 spiro atoms. The van der Waals surface area contributed by atoms with Crippen LogP contribution in [0.25, 0.3) is 0 Å². The summed E-state index contributed by atoms with van der Waals surface area (Å²) in [6, 6.07) is 0.690. The first-order valence-corrected chi connectivity index (χ1v) is 6.44. The van der Waals surface area contributed by atoms with Gasteiger partial charge in [-0.1, -0.05) is 13.8 Å². The van der Waals surface area contributed by atoms with Crippen LogP contribution in [0.2, 0.25) is 0 Å². The first-order chi connectivity index (χ1) is 7.72. The van der Waals surface area contributed by atoms with E-state index in [1.165, 1.54) is 18.5 Å². The lowest BCUT2D eigenvalue weighted by molar-refractivity contribution is 0.367. The largest absolute Gasteiger partial charge is 0.334 e. The zero-order valence-electron chi connectivity index (χ0n) is 10.6. The molecule has 0 bridgehead atoms. The van der Waals surface area contributed by atoms with Crippen molar-refractivity contribution in [2.75, 3.05) is 0 Å². The highest BCUT2D eigenvalue weighted by Crippen LogP contribution is 2.31. The van der Waals surface area contributed by atoms with Crippen molar-refractivity contribution in [3.8, 4) is 0 Å². The number of aryl methyl sites for hydroxylation is 1. The van der Waals surface area contributed by atoms with Gasteiger partial charge in [-0.05, 0) is 31.6 Å². The van der Waals surface area contributed by atoms with Gasteiger partial charge < -0.3 is 9.88 Å². The highest BCUT2D eigenvalue weighted by Gasteiger charge is 2.29. The maximum atomic E-state index is 4.20. The van der Waals surface area contributed by atoms with Crippen LogP contribution in [0.5, 0.6) is 0 Å². The summed E-state index contributed by atoms with van der Waals surface area (Å²) < 4.78 is 2.20. The van der Waals surface area contributed by atoms with Gasteiger partial charge in [0.1, 0.15) is 0 Å². The van der Waals surface area contributed by atoms with Crippen LogP contribution in [-0.2, 0) is 13.1 Å². The molecular formula is C13H23N3. The van der Waals surface area contributed by atoms with Crippen LogP contribution in [0.4, 0.5) is 0 Å². The molecule has 3 heteroatoms. The molecule has 0 aliphatic heterocycles. The third-order valence-corrected chi connectivity index (χ3v) is 4.15. The number of aromatic nitrogens is 2. The van der Waals surface area contributed by atoms with Crippen molar-refractivity contribution in [1.82, 2.24) is 14.9 Å². The minimum Gasteiger partial charge on any atom is -0.334 e. The molecule has 3 nitrogen and oxygen atoms in total. The number of hydrogen-bond acceptors (Lipinski definition) is 2. The fourth-order valence-electron chi connectivity index (χ4n) is 2.67. The third-order valence-electron chi connectivity index (χ3n) is 4.15. The Morgan fingerprint density at radius 3 is 2.88 bits per heavy atom. The van der Waals surface area contributed by atoms with Crippen molar-refractivity contribution in [2.24, 2.45) is 11.8 Å². The lowest BCUT2D eigenvalue weighted by Gasteiger charge is -2.19. The van der Waals surface area contributed by atoms with Gasteiger partial charge in [0.15, 0.2) is 0 Å². The predicted molar refractivity (Wildman–Crippen MR) is 66.1 cm³/mol. The van der Waals surface area contributed by atoms with Gasteiger partial charge in [0.25, 0.3) is 0 Å². The van der Waals surface area contributed by atoms with Crippen molar-refractivity contribution < 1.29 is 0 Å². The first kappa shape index (κ1) is 11.6. The summed E-state index contributed by atoms with van der Waals surface area (Å²) in [6.07, 6.45) is 6.58. The number of hydrogen-bond donors (Lipinski definition) is 1. The fourth-order valence-corrected chi connectivity index (χ4v) is 2.67. The summed E-state index contributed by atoms with van der Waals surface area (Å²) in [7, 11) is 0. The maximum Gasteiger partial charge on any atom is 0.0948 e. The minimum atomic E-state index is 0.690. The molecule has 1 aromatic rings. The number of nitrogens with one attached hydrogen (secondary N) is 1. The summed E-state index contributed by atoms with van der Waals surface area (Å²) in [4.78, 5) is 4.20. The Hall–Kier alpha value is -0.830. The summed E-state index contributed by atoms with van der Waals surface area (Å²) >= 11 is 0. The number of imidazole rings is 1. The molecule has 3 atom stereocenters. The fraction of sp³-hybridized carbons (Fsp3) is 0.769. The van der Waals surface area contributed by atoms with Crippen LogP contribution < -0.4 is 5.32 Å². The zero-order chi connectivity index (χ0) is 11.5. The molecule has 0 amide bonds. The van der Waals surface area contributed by atoms with E-state index in [-0.39, 0.29) is 0 Å². The second-order valence-corrected chi connectivity index (χ2v) is 5.07. The molecule has 3 unspecified atom stereocenters. The third kappa shape index (κ3) is 2.29. The van der Waals surface area contributed by atoms with E-state index in [1.54, 1.807) is 0 Å². The Morgan fingerprint density at radius 1 is 1.44 bits per heavy atom. The lowest BCUT2D eigenvalue weighted by Crippen LogP contribution is -2.32. The highest BCUT2D eigenvalue weighted by molar-refractivity contribution is 4.99. The summed E-state index contributed by atoms with van der Waals surface area (Å²) in [5.74, 6) is 1.67. The molecule has 1 aliphatic rings. The van der Waals surface area contributed by atoms with Gasteiger partial charge in [0.05, 0.1) is 12.0 Å². The average molecular weight is 221 g/mol. The monoisotopic (exact) mass is 221 g/mol. The Bertz CT molecular complexity index is 332.